The minimum atomic E-state index is 0.601. The fourth-order valence-electron chi connectivity index (χ4n) is 4.05. The van der Waals surface area contributed by atoms with Crippen LogP contribution in [0, 0.1) is 13.8 Å². The molecule has 0 radical (unpaired) electrons. The summed E-state index contributed by atoms with van der Waals surface area (Å²) in [5, 5.41) is 3.41. The molecule has 0 aliphatic carbocycles. The normalized spacial score (nSPS) is 14.1. The molecular formula is C24H30N6. The van der Waals surface area contributed by atoms with Gasteiger partial charge in [-0.1, -0.05) is 37.3 Å². The maximum atomic E-state index is 6.50. The quantitative estimate of drug-likeness (QED) is 0.663. The van der Waals surface area contributed by atoms with E-state index < -0.39 is 0 Å². The lowest BCUT2D eigenvalue weighted by atomic mass is 10.1. The number of hydrogen-bond donors (Lipinski definition) is 2. The van der Waals surface area contributed by atoms with E-state index >= 15 is 0 Å². The fraction of sp³-hybridized carbons (Fsp3) is 0.333. The summed E-state index contributed by atoms with van der Waals surface area (Å²) in [4.78, 5) is 13.6. The second-order valence-electron chi connectivity index (χ2n) is 7.79. The van der Waals surface area contributed by atoms with Crippen molar-refractivity contribution in [2.45, 2.75) is 27.2 Å². The van der Waals surface area contributed by atoms with Crippen molar-refractivity contribution in [1.29, 1.82) is 0 Å². The molecule has 0 saturated carbocycles. The van der Waals surface area contributed by atoms with Gasteiger partial charge in [-0.3, -0.25) is 0 Å². The van der Waals surface area contributed by atoms with E-state index in [0.29, 0.717) is 11.5 Å². The number of piperazine rings is 1. The molecule has 1 fully saturated rings. The van der Waals surface area contributed by atoms with Gasteiger partial charge in [0.1, 0.15) is 12.0 Å². The molecule has 6 nitrogen and oxygen atoms in total. The zero-order valence-corrected chi connectivity index (χ0v) is 18.0. The van der Waals surface area contributed by atoms with Crippen LogP contribution in [0.25, 0.3) is 0 Å². The third-order valence-corrected chi connectivity index (χ3v) is 6.01. The van der Waals surface area contributed by atoms with Crippen LogP contribution in [0.1, 0.15) is 23.6 Å². The first-order valence-corrected chi connectivity index (χ1v) is 10.6. The van der Waals surface area contributed by atoms with Crippen molar-refractivity contribution >= 4 is 28.7 Å². The van der Waals surface area contributed by atoms with Crippen LogP contribution in [-0.2, 0) is 6.42 Å². The number of nitrogens with zero attached hydrogens (tertiary/aromatic N) is 4. The SMILES string of the molecule is CCc1ccccc1Nc1ncnc(N2CCN(c3cccc(C)c3C)CC2)c1N. The predicted molar refractivity (Wildman–Crippen MR) is 126 cm³/mol. The molecule has 3 N–H and O–H groups in total. The van der Waals surface area contributed by atoms with Gasteiger partial charge in [0, 0.05) is 37.6 Å². The van der Waals surface area contributed by atoms with Crippen molar-refractivity contribution in [3.63, 3.8) is 0 Å². The molecule has 0 bridgehead atoms. The van der Waals surface area contributed by atoms with Gasteiger partial charge >= 0.3 is 0 Å². The molecule has 0 spiro atoms. The Kier molecular flexibility index (Phi) is 5.74. The summed E-state index contributed by atoms with van der Waals surface area (Å²) in [5.41, 5.74) is 13.4. The third kappa shape index (κ3) is 3.90. The van der Waals surface area contributed by atoms with Crippen LogP contribution in [0.15, 0.2) is 48.8 Å². The molecule has 1 aliphatic rings. The average Bonchev–Trinajstić information content (AvgIpc) is 2.78. The van der Waals surface area contributed by atoms with E-state index in [4.69, 9.17) is 5.73 Å². The predicted octanol–water partition coefficient (Wildman–Crippen LogP) is 4.31. The lowest BCUT2D eigenvalue weighted by Crippen LogP contribution is -2.47. The van der Waals surface area contributed by atoms with Gasteiger partial charge in [-0.15, -0.1) is 0 Å². The Bertz CT molecular complexity index is 1020. The van der Waals surface area contributed by atoms with Crippen LogP contribution < -0.4 is 20.9 Å². The summed E-state index contributed by atoms with van der Waals surface area (Å²) in [7, 11) is 0. The van der Waals surface area contributed by atoms with Crippen LogP contribution in [0.3, 0.4) is 0 Å². The number of anilines is 5. The van der Waals surface area contributed by atoms with Gasteiger partial charge in [-0.25, -0.2) is 9.97 Å². The zero-order chi connectivity index (χ0) is 21.1. The monoisotopic (exact) mass is 402 g/mol. The molecular weight excluding hydrogens is 372 g/mol. The Morgan fingerprint density at radius 3 is 2.43 bits per heavy atom. The van der Waals surface area contributed by atoms with Gasteiger partial charge in [0.25, 0.3) is 0 Å². The van der Waals surface area contributed by atoms with E-state index in [9.17, 15) is 0 Å². The highest BCUT2D eigenvalue weighted by Crippen LogP contribution is 2.31. The van der Waals surface area contributed by atoms with Gasteiger partial charge in [-0.2, -0.15) is 0 Å². The molecule has 2 aromatic carbocycles. The maximum absolute atomic E-state index is 6.50. The van der Waals surface area contributed by atoms with Gasteiger partial charge < -0.3 is 20.9 Å². The summed E-state index contributed by atoms with van der Waals surface area (Å²) in [6, 6.07) is 14.8. The first kappa shape index (κ1) is 20.0. The first-order valence-electron chi connectivity index (χ1n) is 10.6. The second kappa shape index (κ2) is 8.61. The van der Waals surface area contributed by atoms with E-state index in [1.54, 1.807) is 6.33 Å². The summed E-state index contributed by atoms with van der Waals surface area (Å²) in [6.07, 6.45) is 2.54. The maximum Gasteiger partial charge on any atom is 0.159 e. The minimum absolute atomic E-state index is 0.601. The molecule has 6 heteroatoms. The molecule has 30 heavy (non-hydrogen) atoms. The smallest absolute Gasteiger partial charge is 0.159 e. The Hall–Kier alpha value is -3.28. The van der Waals surface area contributed by atoms with E-state index in [2.05, 4.69) is 76.2 Å². The topological polar surface area (TPSA) is 70.3 Å². The molecule has 1 aromatic heterocycles. The Labute approximate surface area is 178 Å². The van der Waals surface area contributed by atoms with Crippen molar-refractivity contribution < 1.29 is 0 Å². The fourth-order valence-corrected chi connectivity index (χ4v) is 4.05. The molecule has 0 unspecified atom stereocenters. The lowest BCUT2D eigenvalue weighted by molar-refractivity contribution is 0.646. The third-order valence-electron chi connectivity index (χ3n) is 6.01. The molecule has 0 atom stereocenters. The molecule has 2 heterocycles. The van der Waals surface area contributed by atoms with Crippen LogP contribution in [0.5, 0.6) is 0 Å². The Morgan fingerprint density at radius 2 is 1.67 bits per heavy atom. The van der Waals surface area contributed by atoms with Crippen molar-refractivity contribution in [2.24, 2.45) is 0 Å². The summed E-state index contributed by atoms with van der Waals surface area (Å²) >= 11 is 0. The van der Waals surface area contributed by atoms with Gasteiger partial charge in [0.2, 0.25) is 0 Å². The molecule has 3 aromatic rings. The number of nitrogen functional groups attached to an aromatic ring is 1. The van der Waals surface area contributed by atoms with Crippen LogP contribution in [0.4, 0.5) is 28.7 Å². The molecule has 1 aliphatic heterocycles. The number of nitrogens with two attached hydrogens (primary N) is 1. The van der Waals surface area contributed by atoms with Gasteiger partial charge in [0.05, 0.1) is 0 Å². The average molecular weight is 403 g/mol. The number of aromatic nitrogens is 2. The van der Waals surface area contributed by atoms with E-state index in [1.165, 1.54) is 22.4 Å². The van der Waals surface area contributed by atoms with Crippen molar-refractivity contribution in [3.8, 4) is 0 Å². The summed E-state index contributed by atoms with van der Waals surface area (Å²) in [6.45, 7) is 10.1. The standard InChI is InChI=1S/C24H30N6/c1-4-19-9-5-6-10-20(19)28-23-22(25)24(27-16-26-23)30-14-12-29(13-15-30)21-11-7-8-17(2)18(21)3/h5-11,16H,4,12-15,25H2,1-3H3,(H,26,27,28). The summed E-state index contributed by atoms with van der Waals surface area (Å²) in [5.74, 6) is 1.47. The Balaban J connectivity index is 1.50. The van der Waals surface area contributed by atoms with Crippen molar-refractivity contribution in [2.75, 3.05) is 47.0 Å². The van der Waals surface area contributed by atoms with E-state index in [-0.39, 0.29) is 0 Å². The molecule has 0 amide bonds. The highest BCUT2D eigenvalue weighted by atomic mass is 15.3. The number of aryl methyl sites for hydroxylation is 2. The molecule has 1 saturated heterocycles. The summed E-state index contributed by atoms with van der Waals surface area (Å²) < 4.78 is 0. The number of hydrogen-bond acceptors (Lipinski definition) is 6. The molecule has 156 valence electrons. The first-order chi connectivity index (χ1) is 14.6. The van der Waals surface area contributed by atoms with E-state index in [0.717, 1.165) is 44.1 Å². The highest BCUT2D eigenvalue weighted by Gasteiger charge is 2.22. The Morgan fingerprint density at radius 1 is 0.933 bits per heavy atom. The van der Waals surface area contributed by atoms with Gasteiger partial charge in [-0.05, 0) is 49.1 Å². The highest BCUT2D eigenvalue weighted by molar-refractivity contribution is 5.79. The largest absolute Gasteiger partial charge is 0.393 e. The molecule has 4 rings (SSSR count). The van der Waals surface area contributed by atoms with Crippen LogP contribution in [-0.4, -0.2) is 36.1 Å². The second-order valence-corrected chi connectivity index (χ2v) is 7.79. The number of benzene rings is 2. The van der Waals surface area contributed by atoms with E-state index in [1.807, 2.05) is 12.1 Å². The lowest BCUT2D eigenvalue weighted by Gasteiger charge is -2.38. The van der Waals surface area contributed by atoms with Crippen LogP contribution in [0.2, 0.25) is 0 Å². The van der Waals surface area contributed by atoms with Crippen molar-refractivity contribution in [1.82, 2.24) is 9.97 Å². The number of rotatable bonds is 5. The number of para-hydroxylation sites is 1. The number of nitrogens with one attached hydrogen (secondary N) is 1. The van der Waals surface area contributed by atoms with Crippen molar-refractivity contribution in [3.05, 3.63) is 65.5 Å². The zero-order valence-electron chi connectivity index (χ0n) is 18.0. The minimum Gasteiger partial charge on any atom is -0.393 e. The van der Waals surface area contributed by atoms with Crippen LogP contribution >= 0.6 is 0 Å². The van der Waals surface area contributed by atoms with Gasteiger partial charge in [0.15, 0.2) is 11.6 Å².